The van der Waals surface area contributed by atoms with E-state index in [0.717, 1.165) is 25.7 Å². The lowest BCUT2D eigenvalue weighted by molar-refractivity contribution is -0.384. The molecule has 0 spiro atoms. The van der Waals surface area contributed by atoms with E-state index in [0.29, 0.717) is 21.6 Å². The third-order valence-electron chi connectivity index (χ3n) is 4.94. The number of non-ortho nitro benzene ring substituents is 1. The number of rotatable bonds is 3. The smallest absolute Gasteiger partial charge is 0.289 e. The van der Waals surface area contributed by atoms with Gasteiger partial charge in [-0.3, -0.25) is 14.9 Å². The third kappa shape index (κ3) is 3.30. The number of benzene rings is 3. The predicted octanol–water partition coefficient (Wildman–Crippen LogP) is 5.35. The Hall–Kier alpha value is -3.80. The molecule has 0 saturated heterocycles. The number of thiazole rings is 1. The van der Waals surface area contributed by atoms with Crippen molar-refractivity contribution in [3.63, 3.8) is 0 Å². The van der Waals surface area contributed by atoms with Gasteiger partial charge in [0.05, 0.1) is 26.6 Å². The SMILES string of the molecule is C#CCn1c(=NC(=O)c2cc3cc([N+](=O)[O-])ccc3s2)sc2c3ccccc3ccc21. The van der Waals surface area contributed by atoms with E-state index in [2.05, 4.69) is 10.9 Å². The summed E-state index contributed by atoms with van der Waals surface area (Å²) in [5.74, 6) is 2.24. The van der Waals surface area contributed by atoms with Gasteiger partial charge in [-0.15, -0.1) is 17.8 Å². The first-order valence-electron chi connectivity index (χ1n) is 9.27. The van der Waals surface area contributed by atoms with Crippen molar-refractivity contribution in [2.24, 2.45) is 4.99 Å². The van der Waals surface area contributed by atoms with E-state index in [1.165, 1.54) is 34.8 Å². The predicted molar refractivity (Wildman–Crippen MR) is 125 cm³/mol. The van der Waals surface area contributed by atoms with Crippen molar-refractivity contribution < 1.29 is 9.72 Å². The molecule has 31 heavy (non-hydrogen) atoms. The van der Waals surface area contributed by atoms with Crippen LogP contribution in [0.5, 0.6) is 0 Å². The van der Waals surface area contributed by atoms with E-state index in [9.17, 15) is 14.9 Å². The van der Waals surface area contributed by atoms with Crippen molar-refractivity contribution in [2.75, 3.05) is 0 Å². The molecule has 0 N–H and O–H groups in total. The maximum absolute atomic E-state index is 13.0. The van der Waals surface area contributed by atoms with Gasteiger partial charge in [0.2, 0.25) is 0 Å². The van der Waals surface area contributed by atoms with Crippen LogP contribution in [0.4, 0.5) is 5.69 Å². The highest BCUT2D eigenvalue weighted by Gasteiger charge is 2.15. The van der Waals surface area contributed by atoms with Crippen LogP contribution >= 0.6 is 22.7 Å². The van der Waals surface area contributed by atoms with Gasteiger partial charge in [0.25, 0.3) is 11.6 Å². The Kier molecular flexibility index (Phi) is 4.62. The molecular formula is C23H13N3O3S2. The summed E-state index contributed by atoms with van der Waals surface area (Å²) in [4.78, 5) is 28.8. The highest BCUT2D eigenvalue weighted by atomic mass is 32.1. The van der Waals surface area contributed by atoms with E-state index < -0.39 is 10.8 Å². The molecule has 0 radical (unpaired) electrons. The molecular weight excluding hydrogens is 430 g/mol. The van der Waals surface area contributed by atoms with Crippen molar-refractivity contribution in [2.45, 2.75) is 6.54 Å². The number of hydrogen-bond acceptors (Lipinski definition) is 5. The van der Waals surface area contributed by atoms with Crippen molar-refractivity contribution in [3.05, 3.63) is 80.5 Å². The fourth-order valence-electron chi connectivity index (χ4n) is 3.52. The van der Waals surface area contributed by atoms with Crippen LogP contribution in [0.25, 0.3) is 31.1 Å². The third-order valence-corrected chi connectivity index (χ3v) is 7.17. The molecule has 0 unspecified atom stereocenters. The molecule has 3 aromatic carbocycles. The zero-order valence-corrected chi connectivity index (χ0v) is 17.6. The van der Waals surface area contributed by atoms with Crippen LogP contribution in [0, 0.1) is 22.5 Å². The lowest BCUT2D eigenvalue weighted by atomic mass is 10.1. The average Bonchev–Trinajstić information content (AvgIpc) is 3.35. The summed E-state index contributed by atoms with van der Waals surface area (Å²) in [7, 11) is 0. The Morgan fingerprint density at radius 2 is 1.94 bits per heavy atom. The number of hydrogen-bond donors (Lipinski definition) is 0. The lowest BCUT2D eigenvalue weighted by Crippen LogP contribution is -2.16. The zero-order chi connectivity index (χ0) is 21.5. The number of amides is 1. The van der Waals surface area contributed by atoms with Gasteiger partial charge in [0, 0.05) is 27.6 Å². The summed E-state index contributed by atoms with van der Waals surface area (Å²) >= 11 is 2.69. The van der Waals surface area contributed by atoms with Crippen LogP contribution in [0.15, 0.2) is 65.7 Å². The van der Waals surface area contributed by atoms with Crippen LogP contribution < -0.4 is 4.80 Å². The molecule has 6 nitrogen and oxygen atoms in total. The molecule has 0 aliphatic heterocycles. The standard InChI is InChI=1S/C23H13N3O3S2/c1-2-11-25-18-9-7-14-5-3-4-6-17(14)21(18)31-23(25)24-22(27)20-13-15-12-16(26(28)29)8-10-19(15)30-20/h1,3-10,12-13H,11H2. The number of nitro groups is 1. The molecule has 0 aliphatic carbocycles. The van der Waals surface area contributed by atoms with E-state index in [-0.39, 0.29) is 5.69 Å². The zero-order valence-electron chi connectivity index (χ0n) is 15.9. The minimum atomic E-state index is -0.451. The van der Waals surface area contributed by atoms with Crippen LogP contribution in [-0.4, -0.2) is 15.4 Å². The van der Waals surface area contributed by atoms with Gasteiger partial charge >= 0.3 is 0 Å². The number of aromatic nitrogens is 1. The summed E-state index contributed by atoms with van der Waals surface area (Å²) < 4.78 is 3.68. The summed E-state index contributed by atoms with van der Waals surface area (Å²) in [6.07, 6.45) is 5.58. The number of nitrogens with zero attached hydrogens (tertiary/aromatic N) is 3. The number of nitro benzene ring substituents is 1. The van der Waals surface area contributed by atoms with Crippen LogP contribution in [-0.2, 0) is 6.54 Å². The summed E-state index contributed by atoms with van der Waals surface area (Å²) in [5.41, 5.74) is 0.921. The topological polar surface area (TPSA) is 77.5 Å². The van der Waals surface area contributed by atoms with Gasteiger partial charge in [-0.25, -0.2) is 0 Å². The minimum absolute atomic E-state index is 0.00974. The molecule has 0 saturated carbocycles. The molecule has 0 fully saturated rings. The molecule has 5 aromatic rings. The molecule has 0 atom stereocenters. The van der Waals surface area contributed by atoms with Gasteiger partial charge < -0.3 is 4.57 Å². The Bertz CT molecular complexity index is 1630. The lowest BCUT2D eigenvalue weighted by Gasteiger charge is -2.01. The van der Waals surface area contributed by atoms with Crippen LogP contribution in [0.2, 0.25) is 0 Å². The first-order valence-corrected chi connectivity index (χ1v) is 10.9. The quantitative estimate of drug-likeness (QED) is 0.214. The second-order valence-corrected chi connectivity index (χ2v) is 8.88. The van der Waals surface area contributed by atoms with Crippen molar-refractivity contribution >= 4 is 65.3 Å². The summed E-state index contributed by atoms with van der Waals surface area (Å²) in [6.45, 7) is 0.295. The highest BCUT2D eigenvalue weighted by molar-refractivity contribution is 7.21. The fraction of sp³-hybridized carbons (Fsp3) is 0.0435. The molecule has 0 bridgehead atoms. The Morgan fingerprint density at radius 3 is 2.74 bits per heavy atom. The molecule has 8 heteroatoms. The monoisotopic (exact) mass is 443 g/mol. The molecule has 5 rings (SSSR count). The van der Waals surface area contributed by atoms with Gasteiger partial charge in [0.15, 0.2) is 4.80 Å². The van der Waals surface area contributed by atoms with E-state index >= 15 is 0 Å². The molecule has 0 aliphatic rings. The van der Waals surface area contributed by atoms with E-state index in [1.54, 1.807) is 12.1 Å². The minimum Gasteiger partial charge on any atom is -0.305 e. The normalized spacial score (nSPS) is 11.9. The van der Waals surface area contributed by atoms with Gasteiger partial charge in [-0.05, 0) is 23.6 Å². The number of carbonyl (C=O) groups excluding carboxylic acids is 1. The second-order valence-electron chi connectivity index (χ2n) is 6.82. The largest absolute Gasteiger partial charge is 0.305 e. The van der Waals surface area contributed by atoms with Crippen LogP contribution in [0.3, 0.4) is 0 Å². The number of thiophene rings is 1. The van der Waals surface area contributed by atoms with Crippen molar-refractivity contribution in [1.82, 2.24) is 4.57 Å². The second kappa shape index (κ2) is 7.47. The fourth-order valence-corrected chi connectivity index (χ4v) is 5.61. The Balaban J connectivity index is 1.66. The maximum Gasteiger partial charge on any atom is 0.289 e. The Morgan fingerprint density at radius 1 is 1.10 bits per heavy atom. The molecule has 2 heterocycles. The molecule has 2 aromatic heterocycles. The van der Waals surface area contributed by atoms with Crippen molar-refractivity contribution in [3.8, 4) is 12.3 Å². The number of terminal acetylenes is 1. The van der Waals surface area contributed by atoms with Crippen molar-refractivity contribution in [1.29, 1.82) is 0 Å². The van der Waals surface area contributed by atoms with Gasteiger partial charge in [-0.2, -0.15) is 4.99 Å². The van der Waals surface area contributed by atoms with E-state index in [1.807, 2.05) is 41.0 Å². The maximum atomic E-state index is 13.0. The van der Waals surface area contributed by atoms with Gasteiger partial charge in [-0.1, -0.05) is 47.6 Å². The van der Waals surface area contributed by atoms with Gasteiger partial charge in [0.1, 0.15) is 0 Å². The highest BCUT2D eigenvalue weighted by Crippen LogP contribution is 2.30. The molecule has 150 valence electrons. The Labute approximate surface area is 183 Å². The summed E-state index contributed by atoms with van der Waals surface area (Å²) in [5, 5.41) is 13.8. The first-order chi connectivity index (χ1) is 15.0. The average molecular weight is 444 g/mol. The van der Waals surface area contributed by atoms with E-state index in [4.69, 9.17) is 6.42 Å². The molecule has 1 amide bonds. The summed E-state index contributed by atoms with van der Waals surface area (Å²) in [6, 6.07) is 18.3. The number of carbonyl (C=O) groups is 1. The number of fused-ring (bicyclic) bond motifs is 4. The first kappa shape index (κ1) is 19.2. The van der Waals surface area contributed by atoms with Crippen LogP contribution in [0.1, 0.15) is 9.67 Å².